The topological polar surface area (TPSA) is 75.9 Å². The zero-order valence-electron chi connectivity index (χ0n) is 13.2. The number of benzene rings is 1. The maximum absolute atomic E-state index is 12.3. The lowest BCUT2D eigenvalue weighted by atomic mass is 9.99. The van der Waals surface area contributed by atoms with E-state index in [0.29, 0.717) is 23.9 Å². The van der Waals surface area contributed by atoms with Crippen molar-refractivity contribution in [2.45, 2.75) is 0 Å². The molecule has 1 amide bonds. The van der Waals surface area contributed by atoms with Gasteiger partial charge in [-0.2, -0.15) is 5.10 Å². The van der Waals surface area contributed by atoms with Crippen molar-refractivity contribution in [2.24, 2.45) is 5.92 Å². The summed E-state index contributed by atoms with van der Waals surface area (Å²) in [6.45, 7) is 1.24. The van der Waals surface area contributed by atoms with Gasteiger partial charge in [0.15, 0.2) is 5.82 Å². The van der Waals surface area contributed by atoms with Gasteiger partial charge in [0.1, 0.15) is 12.1 Å². The van der Waals surface area contributed by atoms with Crippen LogP contribution in [0.2, 0.25) is 5.02 Å². The van der Waals surface area contributed by atoms with E-state index in [9.17, 15) is 4.79 Å². The Labute approximate surface area is 149 Å². The summed E-state index contributed by atoms with van der Waals surface area (Å²) in [5.74, 6) is 1.42. The summed E-state index contributed by atoms with van der Waals surface area (Å²) >= 11 is 5.85. The van der Waals surface area contributed by atoms with Crippen molar-refractivity contribution in [2.75, 3.05) is 23.3 Å². The summed E-state index contributed by atoms with van der Waals surface area (Å²) in [4.78, 5) is 22.8. The van der Waals surface area contributed by atoms with Crippen LogP contribution in [0.15, 0.2) is 55.1 Å². The van der Waals surface area contributed by atoms with E-state index in [1.165, 1.54) is 6.33 Å². The van der Waals surface area contributed by atoms with Gasteiger partial charge >= 0.3 is 0 Å². The molecule has 1 aliphatic heterocycles. The third-order valence-corrected chi connectivity index (χ3v) is 4.32. The second-order valence-electron chi connectivity index (χ2n) is 5.78. The van der Waals surface area contributed by atoms with Crippen molar-refractivity contribution < 1.29 is 4.79 Å². The molecule has 1 aromatic carbocycles. The lowest BCUT2D eigenvalue weighted by molar-refractivity contribution is -0.120. The van der Waals surface area contributed by atoms with Crippen LogP contribution in [0.1, 0.15) is 0 Å². The minimum absolute atomic E-state index is 0.0000664. The SMILES string of the molecule is O=C(Nc1ccc(Cl)cc1)C1CN(c2cc(-n3cccn3)ncn2)C1. The van der Waals surface area contributed by atoms with Gasteiger partial charge in [0.2, 0.25) is 5.91 Å². The summed E-state index contributed by atoms with van der Waals surface area (Å²) in [6.07, 6.45) is 5.03. The number of anilines is 2. The van der Waals surface area contributed by atoms with Crippen LogP contribution in [0, 0.1) is 5.92 Å². The fourth-order valence-electron chi connectivity index (χ4n) is 2.65. The molecule has 0 saturated carbocycles. The zero-order valence-corrected chi connectivity index (χ0v) is 14.0. The number of hydrogen-bond acceptors (Lipinski definition) is 5. The molecule has 126 valence electrons. The quantitative estimate of drug-likeness (QED) is 0.778. The molecule has 1 saturated heterocycles. The molecule has 0 unspecified atom stereocenters. The number of rotatable bonds is 4. The van der Waals surface area contributed by atoms with Gasteiger partial charge < -0.3 is 10.2 Å². The number of carbonyl (C=O) groups excluding carboxylic acids is 1. The van der Waals surface area contributed by atoms with Crippen molar-refractivity contribution in [3.05, 3.63) is 60.1 Å². The molecule has 0 spiro atoms. The first-order chi connectivity index (χ1) is 12.2. The highest BCUT2D eigenvalue weighted by Crippen LogP contribution is 2.25. The van der Waals surface area contributed by atoms with Crippen LogP contribution >= 0.6 is 11.6 Å². The maximum atomic E-state index is 12.3. The molecule has 1 aliphatic rings. The van der Waals surface area contributed by atoms with Crippen molar-refractivity contribution in [1.82, 2.24) is 19.7 Å². The number of hydrogen-bond donors (Lipinski definition) is 1. The van der Waals surface area contributed by atoms with Crippen LogP contribution in [0.25, 0.3) is 5.82 Å². The van der Waals surface area contributed by atoms with Crippen molar-refractivity contribution in [3.63, 3.8) is 0 Å². The van der Waals surface area contributed by atoms with E-state index in [-0.39, 0.29) is 11.8 Å². The van der Waals surface area contributed by atoms with Crippen molar-refractivity contribution >= 4 is 29.0 Å². The minimum Gasteiger partial charge on any atom is -0.355 e. The van der Waals surface area contributed by atoms with Crippen LogP contribution in [-0.4, -0.2) is 38.7 Å². The first-order valence-electron chi connectivity index (χ1n) is 7.82. The Morgan fingerprint density at radius 1 is 1.16 bits per heavy atom. The average Bonchev–Trinajstić information content (AvgIpc) is 3.10. The van der Waals surface area contributed by atoms with E-state index >= 15 is 0 Å². The van der Waals surface area contributed by atoms with Gasteiger partial charge in [-0.05, 0) is 30.3 Å². The van der Waals surface area contributed by atoms with E-state index < -0.39 is 0 Å². The van der Waals surface area contributed by atoms with Crippen LogP contribution in [0.3, 0.4) is 0 Å². The fraction of sp³-hybridized carbons (Fsp3) is 0.176. The predicted molar refractivity (Wildman–Crippen MR) is 94.9 cm³/mol. The molecule has 1 fully saturated rings. The summed E-state index contributed by atoms with van der Waals surface area (Å²) < 4.78 is 1.68. The highest BCUT2D eigenvalue weighted by molar-refractivity contribution is 6.30. The summed E-state index contributed by atoms with van der Waals surface area (Å²) in [6, 6.07) is 10.8. The van der Waals surface area contributed by atoms with Gasteiger partial charge in [-0.1, -0.05) is 11.6 Å². The van der Waals surface area contributed by atoms with Gasteiger partial charge in [-0.15, -0.1) is 0 Å². The second-order valence-corrected chi connectivity index (χ2v) is 6.22. The fourth-order valence-corrected chi connectivity index (χ4v) is 2.77. The van der Waals surface area contributed by atoms with Gasteiger partial charge in [0.05, 0.1) is 5.92 Å². The minimum atomic E-state index is -0.0706. The highest BCUT2D eigenvalue weighted by atomic mass is 35.5. The monoisotopic (exact) mass is 354 g/mol. The normalized spacial score (nSPS) is 14.2. The van der Waals surface area contributed by atoms with Crippen molar-refractivity contribution in [1.29, 1.82) is 0 Å². The molecule has 7 nitrogen and oxygen atoms in total. The van der Waals surface area contributed by atoms with E-state index in [0.717, 1.165) is 11.5 Å². The number of nitrogens with one attached hydrogen (secondary N) is 1. The summed E-state index contributed by atoms with van der Waals surface area (Å²) in [5, 5.41) is 7.71. The Morgan fingerprint density at radius 3 is 2.64 bits per heavy atom. The number of halogens is 1. The third-order valence-electron chi connectivity index (χ3n) is 4.07. The Balaban J connectivity index is 1.38. The standard InChI is InChI=1S/C17H15ClN6O/c18-13-2-4-14(5-3-13)22-17(25)12-9-23(10-12)15-8-16(20-11-19-15)24-7-1-6-21-24/h1-8,11-12H,9-10H2,(H,22,25). The van der Waals surface area contributed by atoms with E-state index in [1.54, 1.807) is 35.1 Å². The van der Waals surface area contributed by atoms with Gasteiger partial charge in [0.25, 0.3) is 0 Å². The van der Waals surface area contributed by atoms with Crippen LogP contribution in [0.4, 0.5) is 11.5 Å². The predicted octanol–water partition coefficient (Wildman–Crippen LogP) is 2.39. The average molecular weight is 355 g/mol. The van der Waals surface area contributed by atoms with Gasteiger partial charge in [-0.3, -0.25) is 4.79 Å². The molecular formula is C17H15ClN6O. The summed E-state index contributed by atoms with van der Waals surface area (Å²) in [7, 11) is 0. The van der Waals surface area contributed by atoms with E-state index in [2.05, 4.69) is 20.4 Å². The molecule has 25 heavy (non-hydrogen) atoms. The Morgan fingerprint density at radius 2 is 1.92 bits per heavy atom. The maximum Gasteiger partial charge on any atom is 0.231 e. The summed E-state index contributed by atoms with van der Waals surface area (Å²) in [5.41, 5.74) is 0.746. The molecule has 0 radical (unpaired) electrons. The number of amides is 1. The molecule has 2 aromatic heterocycles. The molecular weight excluding hydrogens is 340 g/mol. The van der Waals surface area contributed by atoms with E-state index in [4.69, 9.17) is 11.6 Å². The van der Waals surface area contributed by atoms with Crippen LogP contribution in [0.5, 0.6) is 0 Å². The first kappa shape index (κ1) is 15.6. The molecule has 1 N–H and O–H groups in total. The zero-order chi connectivity index (χ0) is 17.2. The van der Waals surface area contributed by atoms with Crippen LogP contribution < -0.4 is 10.2 Å². The Hall–Kier alpha value is -2.93. The molecule has 8 heteroatoms. The molecule has 4 rings (SSSR count). The Kier molecular flexibility index (Phi) is 4.07. The lowest BCUT2D eigenvalue weighted by Crippen LogP contribution is -2.52. The second kappa shape index (κ2) is 6.52. The van der Waals surface area contributed by atoms with Crippen molar-refractivity contribution in [3.8, 4) is 5.82 Å². The van der Waals surface area contributed by atoms with Crippen LogP contribution in [-0.2, 0) is 4.79 Å². The van der Waals surface area contributed by atoms with E-state index in [1.807, 2.05) is 23.2 Å². The number of carbonyl (C=O) groups is 1. The molecule has 0 atom stereocenters. The smallest absolute Gasteiger partial charge is 0.231 e. The Bertz CT molecular complexity index is 874. The molecule has 3 aromatic rings. The molecule has 0 aliphatic carbocycles. The van der Waals surface area contributed by atoms with Gasteiger partial charge in [-0.25, -0.2) is 14.6 Å². The molecule has 0 bridgehead atoms. The largest absolute Gasteiger partial charge is 0.355 e. The third kappa shape index (κ3) is 3.32. The molecule has 3 heterocycles. The number of aromatic nitrogens is 4. The lowest BCUT2D eigenvalue weighted by Gasteiger charge is -2.39. The number of nitrogens with zero attached hydrogens (tertiary/aromatic N) is 5. The van der Waals surface area contributed by atoms with Gasteiger partial charge in [0, 0.05) is 42.3 Å². The first-order valence-corrected chi connectivity index (χ1v) is 8.20. The highest BCUT2D eigenvalue weighted by Gasteiger charge is 2.33.